The van der Waals surface area contributed by atoms with Gasteiger partial charge in [-0.25, -0.2) is 9.18 Å². The van der Waals surface area contributed by atoms with Gasteiger partial charge in [0.25, 0.3) is 5.91 Å². The van der Waals surface area contributed by atoms with Crippen molar-refractivity contribution in [2.24, 2.45) is 0 Å². The molecule has 0 aromatic heterocycles. The summed E-state index contributed by atoms with van der Waals surface area (Å²) in [7, 11) is 1.81. The predicted molar refractivity (Wildman–Crippen MR) is 70.4 cm³/mol. The van der Waals surface area contributed by atoms with Gasteiger partial charge in [-0.1, -0.05) is 11.6 Å². The minimum Gasteiger partial charge on any atom is -0.431 e. The number of hydrogen-bond acceptors (Lipinski definition) is 4. The summed E-state index contributed by atoms with van der Waals surface area (Å²) in [5.41, 5.74) is 1.49. The second-order valence-corrected chi connectivity index (χ2v) is 5.30. The van der Waals surface area contributed by atoms with Crippen LogP contribution in [0.2, 0.25) is 5.02 Å². The first-order chi connectivity index (χ1) is 9.49. The number of cyclic esters (lactones) is 1. The highest BCUT2D eigenvalue weighted by molar-refractivity contribution is 6.31. The van der Waals surface area contributed by atoms with Crippen molar-refractivity contribution in [3.05, 3.63) is 28.0 Å². The molecule has 7 heteroatoms. The van der Waals surface area contributed by atoms with Crippen LogP contribution in [0.5, 0.6) is 0 Å². The van der Waals surface area contributed by atoms with Crippen LogP contribution >= 0.6 is 11.6 Å². The number of fused-ring (bicyclic) bond motifs is 1. The molecule has 0 bridgehead atoms. The molecule has 0 aliphatic carbocycles. The van der Waals surface area contributed by atoms with Crippen molar-refractivity contribution in [1.82, 2.24) is 5.32 Å². The normalized spacial score (nSPS) is 21.6. The number of rotatable bonds is 1. The highest BCUT2D eigenvalue weighted by atomic mass is 35.5. The zero-order valence-corrected chi connectivity index (χ0v) is 11.5. The number of imide groups is 1. The molecule has 1 saturated heterocycles. The molecule has 2 heterocycles. The van der Waals surface area contributed by atoms with Gasteiger partial charge in [0.05, 0.1) is 16.3 Å². The number of amides is 2. The number of alkyl carbamates (subject to hydrolysis) is 1. The quantitative estimate of drug-likeness (QED) is 0.863. The van der Waals surface area contributed by atoms with Crippen LogP contribution in [0.1, 0.15) is 23.7 Å². The fourth-order valence-corrected chi connectivity index (χ4v) is 2.97. The van der Waals surface area contributed by atoms with E-state index in [1.807, 2.05) is 17.3 Å². The molecule has 20 heavy (non-hydrogen) atoms. The number of hydrogen-bond donors (Lipinski definition) is 1. The molecule has 1 atom stereocenters. The lowest BCUT2D eigenvalue weighted by atomic mass is 9.94. The molecule has 2 amide bonds. The van der Waals surface area contributed by atoms with Crippen LogP contribution in [-0.2, 0) is 16.0 Å². The largest absolute Gasteiger partial charge is 0.431 e. The summed E-state index contributed by atoms with van der Waals surface area (Å²) in [4.78, 5) is 24.8. The number of ether oxygens (including phenoxy) is 1. The van der Waals surface area contributed by atoms with E-state index in [4.69, 9.17) is 16.3 Å². The van der Waals surface area contributed by atoms with E-state index < -0.39 is 23.9 Å². The van der Waals surface area contributed by atoms with Crippen molar-refractivity contribution in [2.45, 2.75) is 18.9 Å². The number of halogens is 2. The summed E-state index contributed by atoms with van der Waals surface area (Å²) >= 11 is 5.90. The Morgan fingerprint density at radius 1 is 1.50 bits per heavy atom. The second-order valence-electron chi connectivity index (χ2n) is 4.89. The lowest BCUT2D eigenvalue weighted by molar-refractivity contribution is -0.123. The Morgan fingerprint density at radius 3 is 2.90 bits per heavy atom. The highest BCUT2D eigenvalue weighted by Gasteiger charge is 2.39. The molecule has 106 valence electrons. The Kier molecular flexibility index (Phi) is 3.05. The summed E-state index contributed by atoms with van der Waals surface area (Å²) in [5.74, 6) is -1.38. The van der Waals surface area contributed by atoms with Crippen molar-refractivity contribution >= 4 is 29.3 Å². The Bertz CT molecular complexity index is 620. The van der Waals surface area contributed by atoms with Crippen LogP contribution < -0.4 is 10.2 Å². The molecule has 1 unspecified atom stereocenters. The average Bonchev–Trinajstić information content (AvgIpc) is 2.71. The maximum atomic E-state index is 14.4. The molecule has 1 N–H and O–H groups in total. The van der Waals surface area contributed by atoms with Crippen LogP contribution in [-0.4, -0.2) is 25.6 Å². The summed E-state index contributed by atoms with van der Waals surface area (Å²) in [6, 6.07) is 1.57. The third-order valence-electron chi connectivity index (χ3n) is 3.58. The molecular formula is C13H12ClFN2O3. The maximum absolute atomic E-state index is 14.4. The van der Waals surface area contributed by atoms with Gasteiger partial charge in [0, 0.05) is 13.6 Å². The van der Waals surface area contributed by atoms with Crippen molar-refractivity contribution in [1.29, 1.82) is 0 Å². The topological polar surface area (TPSA) is 58.6 Å². The van der Waals surface area contributed by atoms with Crippen molar-refractivity contribution in [3.63, 3.8) is 0 Å². The van der Waals surface area contributed by atoms with Gasteiger partial charge in [-0.05, 0) is 24.5 Å². The van der Waals surface area contributed by atoms with E-state index in [-0.39, 0.29) is 10.6 Å². The number of nitrogens with zero attached hydrogens (tertiary/aromatic N) is 1. The van der Waals surface area contributed by atoms with E-state index in [2.05, 4.69) is 0 Å². The van der Waals surface area contributed by atoms with Crippen LogP contribution in [0.25, 0.3) is 0 Å². The maximum Gasteiger partial charge on any atom is 0.415 e. The van der Waals surface area contributed by atoms with E-state index in [0.717, 1.165) is 24.9 Å². The minimum absolute atomic E-state index is 0.0399. The van der Waals surface area contributed by atoms with Gasteiger partial charge in [0.1, 0.15) is 0 Å². The summed E-state index contributed by atoms with van der Waals surface area (Å²) in [5, 5.41) is 1.94. The van der Waals surface area contributed by atoms with Crippen molar-refractivity contribution in [2.75, 3.05) is 18.5 Å². The predicted octanol–water partition coefficient (Wildman–Crippen LogP) is 2.17. The number of carbonyl (C=O) groups excluding carboxylic acids is 2. The molecule has 3 rings (SSSR count). The molecular weight excluding hydrogens is 287 g/mol. The van der Waals surface area contributed by atoms with Crippen LogP contribution in [0, 0.1) is 5.82 Å². The molecule has 1 fully saturated rings. The van der Waals surface area contributed by atoms with Gasteiger partial charge >= 0.3 is 6.09 Å². The number of benzene rings is 1. The lowest BCUT2D eigenvalue weighted by Gasteiger charge is -2.31. The molecule has 0 radical (unpaired) electrons. The Balaban J connectivity index is 2.21. The summed E-state index contributed by atoms with van der Waals surface area (Å²) in [6.07, 6.45) is -0.488. The first-order valence-electron chi connectivity index (χ1n) is 6.22. The standard InChI is InChI=1S/C13H12ClFN2O3/c1-17-4-2-3-6-5-7(14)9(15)8(10(6)17)11-12(18)16-13(19)20-11/h5,11H,2-4H2,1H3,(H,16,18,19). The summed E-state index contributed by atoms with van der Waals surface area (Å²) < 4.78 is 19.3. The fourth-order valence-electron chi connectivity index (χ4n) is 2.74. The van der Waals surface area contributed by atoms with Crippen LogP contribution in [0.3, 0.4) is 0 Å². The molecule has 2 aliphatic rings. The number of carbonyl (C=O) groups is 2. The Morgan fingerprint density at radius 2 is 2.25 bits per heavy atom. The van der Waals surface area contributed by atoms with Crippen LogP contribution in [0.15, 0.2) is 6.07 Å². The van der Waals surface area contributed by atoms with E-state index in [1.165, 1.54) is 0 Å². The number of anilines is 1. The van der Waals surface area contributed by atoms with E-state index >= 15 is 0 Å². The molecule has 2 aliphatic heterocycles. The molecule has 0 spiro atoms. The number of aryl methyl sites for hydroxylation is 1. The van der Waals surface area contributed by atoms with E-state index in [9.17, 15) is 14.0 Å². The zero-order valence-electron chi connectivity index (χ0n) is 10.7. The average molecular weight is 299 g/mol. The Hall–Kier alpha value is -1.82. The van der Waals surface area contributed by atoms with Gasteiger partial charge in [-0.15, -0.1) is 0 Å². The van der Waals surface area contributed by atoms with Gasteiger partial charge in [0.15, 0.2) is 5.82 Å². The van der Waals surface area contributed by atoms with Crippen molar-refractivity contribution < 1.29 is 18.7 Å². The van der Waals surface area contributed by atoms with Crippen LogP contribution in [0.4, 0.5) is 14.9 Å². The fraction of sp³-hybridized carbons (Fsp3) is 0.385. The molecule has 1 aromatic carbocycles. The monoisotopic (exact) mass is 298 g/mol. The van der Waals surface area contributed by atoms with E-state index in [0.29, 0.717) is 5.69 Å². The van der Waals surface area contributed by atoms with Crippen molar-refractivity contribution in [3.8, 4) is 0 Å². The highest BCUT2D eigenvalue weighted by Crippen LogP contribution is 2.41. The first-order valence-corrected chi connectivity index (χ1v) is 6.60. The molecule has 1 aromatic rings. The van der Waals surface area contributed by atoms with Gasteiger partial charge < -0.3 is 9.64 Å². The SMILES string of the molecule is CN1CCCc2cc(Cl)c(F)c(C3OC(=O)NC3=O)c21. The zero-order chi connectivity index (χ0) is 14.4. The minimum atomic E-state index is -1.28. The smallest absolute Gasteiger partial charge is 0.415 e. The second kappa shape index (κ2) is 4.63. The third-order valence-corrected chi connectivity index (χ3v) is 3.85. The first kappa shape index (κ1) is 13.2. The van der Waals surface area contributed by atoms with Gasteiger partial charge in [-0.3, -0.25) is 10.1 Å². The molecule has 0 saturated carbocycles. The summed E-state index contributed by atoms with van der Waals surface area (Å²) in [6.45, 7) is 0.739. The lowest BCUT2D eigenvalue weighted by Crippen LogP contribution is -2.29. The molecule has 5 nitrogen and oxygen atoms in total. The third kappa shape index (κ3) is 1.91. The van der Waals surface area contributed by atoms with Gasteiger partial charge in [0.2, 0.25) is 6.10 Å². The number of nitrogens with one attached hydrogen (secondary N) is 1. The van der Waals surface area contributed by atoms with Gasteiger partial charge in [-0.2, -0.15) is 0 Å². The Labute approximate surface area is 119 Å². The van der Waals surface area contributed by atoms with E-state index in [1.54, 1.807) is 6.07 Å².